The average Bonchev–Trinajstić information content (AvgIpc) is 2.66. The van der Waals surface area contributed by atoms with Gasteiger partial charge in [0.1, 0.15) is 5.82 Å². The number of sulfonamides is 1. The van der Waals surface area contributed by atoms with Gasteiger partial charge in [-0.15, -0.1) is 0 Å². The van der Waals surface area contributed by atoms with E-state index in [0.717, 1.165) is 11.1 Å². The number of benzene rings is 2. The van der Waals surface area contributed by atoms with E-state index in [-0.39, 0.29) is 10.8 Å². The smallest absolute Gasteiger partial charge is 0.261 e. The van der Waals surface area contributed by atoms with Gasteiger partial charge in [0.15, 0.2) is 0 Å². The molecule has 3 rings (SSSR count). The van der Waals surface area contributed by atoms with Crippen molar-refractivity contribution >= 4 is 27.4 Å². The standard InChI is InChI=1S/C20H19N3O3S/c1-14-6-5-7-18(15(14)2)23-27(25,26)17-11-9-16(10-12-17)20(24)22-19-8-3-4-13-21-19/h3-13,23H,1-2H3,(H,21,22,24). The van der Waals surface area contributed by atoms with E-state index in [1.54, 1.807) is 36.5 Å². The molecule has 2 aromatic carbocycles. The average molecular weight is 381 g/mol. The number of amides is 1. The number of aromatic nitrogens is 1. The van der Waals surface area contributed by atoms with Crippen molar-refractivity contribution in [2.24, 2.45) is 0 Å². The molecule has 3 aromatic rings. The highest BCUT2D eigenvalue weighted by Crippen LogP contribution is 2.22. The summed E-state index contributed by atoms with van der Waals surface area (Å²) in [4.78, 5) is 16.3. The number of carbonyl (C=O) groups is 1. The van der Waals surface area contributed by atoms with E-state index in [1.807, 2.05) is 19.9 Å². The Morgan fingerprint density at radius 3 is 2.33 bits per heavy atom. The van der Waals surface area contributed by atoms with Crippen LogP contribution in [0.1, 0.15) is 21.5 Å². The Bertz CT molecular complexity index is 1060. The molecule has 27 heavy (non-hydrogen) atoms. The number of hydrogen-bond donors (Lipinski definition) is 2. The fourth-order valence-electron chi connectivity index (χ4n) is 2.48. The van der Waals surface area contributed by atoms with Crippen LogP contribution in [0.4, 0.5) is 11.5 Å². The van der Waals surface area contributed by atoms with Crippen LogP contribution in [0.5, 0.6) is 0 Å². The van der Waals surface area contributed by atoms with Gasteiger partial charge in [0.2, 0.25) is 0 Å². The minimum atomic E-state index is -3.75. The molecule has 0 radical (unpaired) electrons. The highest BCUT2D eigenvalue weighted by atomic mass is 32.2. The lowest BCUT2D eigenvalue weighted by molar-refractivity contribution is 0.102. The van der Waals surface area contributed by atoms with E-state index >= 15 is 0 Å². The molecular weight excluding hydrogens is 362 g/mol. The normalized spacial score (nSPS) is 11.0. The number of pyridine rings is 1. The van der Waals surface area contributed by atoms with Gasteiger partial charge in [-0.2, -0.15) is 0 Å². The van der Waals surface area contributed by atoms with Crippen LogP contribution in [-0.4, -0.2) is 19.3 Å². The molecule has 2 N–H and O–H groups in total. The lowest BCUT2D eigenvalue weighted by Gasteiger charge is -2.12. The van der Waals surface area contributed by atoms with Crippen LogP contribution >= 0.6 is 0 Å². The van der Waals surface area contributed by atoms with Crippen molar-refractivity contribution < 1.29 is 13.2 Å². The van der Waals surface area contributed by atoms with E-state index in [0.29, 0.717) is 17.1 Å². The molecule has 0 atom stereocenters. The van der Waals surface area contributed by atoms with Crippen molar-refractivity contribution in [3.63, 3.8) is 0 Å². The van der Waals surface area contributed by atoms with Crippen LogP contribution < -0.4 is 10.0 Å². The van der Waals surface area contributed by atoms with E-state index < -0.39 is 10.0 Å². The summed E-state index contributed by atoms with van der Waals surface area (Å²) in [6.07, 6.45) is 1.57. The molecule has 0 unspecified atom stereocenters. The summed E-state index contributed by atoms with van der Waals surface area (Å²) in [6, 6.07) is 16.4. The summed E-state index contributed by atoms with van der Waals surface area (Å²) in [5.41, 5.74) is 2.74. The predicted molar refractivity (Wildman–Crippen MR) is 105 cm³/mol. The van der Waals surface area contributed by atoms with Crippen LogP contribution in [0.25, 0.3) is 0 Å². The van der Waals surface area contributed by atoms with Crippen molar-refractivity contribution in [3.05, 3.63) is 83.6 Å². The SMILES string of the molecule is Cc1cccc(NS(=O)(=O)c2ccc(C(=O)Nc3ccccn3)cc2)c1C. The second kappa shape index (κ2) is 7.59. The van der Waals surface area contributed by atoms with Gasteiger partial charge in [-0.25, -0.2) is 13.4 Å². The van der Waals surface area contributed by atoms with Crippen molar-refractivity contribution in [2.75, 3.05) is 10.0 Å². The quantitative estimate of drug-likeness (QED) is 0.704. The monoisotopic (exact) mass is 381 g/mol. The fraction of sp³-hybridized carbons (Fsp3) is 0.100. The summed E-state index contributed by atoms with van der Waals surface area (Å²) in [5.74, 6) is 0.0657. The predicted octanol–water partition coefficient (Wildman–Crippen LogP) is 3.75. The highest BCUT2D eigenvalue weighted by molar-refractivity contribution is 7.92. The van der Waals surface area contributed by atoms with Crippen LogP contribution in [-0.2, 0) is 10.0 Å². The topological polar surface area (TPSA) is 88.2 Å². The summed E-state index contributed by atoms with van der Waals surface area (Å²) in [6.45, 7) is 3.78. The van der Waals surface area contributed by atoms with Gasteiger partial charge in [-0.3, -0.25) is 9.52 Å². The van der Waals surface area contributed by atoms with Gasteiger partial charge >= 0.3 is 0 Å². The number of aryl methyl sites for hydroxylation is 1. The minimum absolute atomic E-state index is 0.0813. The van der Waals surface area contributed by atoms with Gasteiger partial charge in [0.25, 0.3) is 15.9 Å². The lowest BCUT2D eigenvalue weighted by atomic mass is 10.1. The number of rotatable bonds is 5. The molecule has 1 heterocycles. The molecule has 0 aliphatic rings. The molecule has 0 spiro atoms. The van der Waals surface area contributed by atoms with Gasteiger partial charge < -0.3 is 5.32 Å². The molecule has 0 saturated heterocycles. The summed E-state index contributed by atoms with van der Waals surface area (Å²) < 4.78 is 27.8. The number of hydrogen-bond acceptors (Lipinski definition) is 4. The molecule has 0 saturated carbocycles. The summed E-state index contributed by atoms with van der Waals surface area (Å²) in [5, 5.41) is 2.65. The van der Waals surface area contributed by atoms with Crippen molar-refractivity contribution in [3.8, 4) is 0 Å². The molecule has 0 fully saturated rings. The first-order valence-electron chi connectivity index (χ1n) is 8.28. The van der Waals surface area contributed by atoms with Crippen molar-refractivity contribution in [1.29, 1.82) is 0 Å². The summed E-state index contributed by atoms with van der Waals surface area (Å²) >= 11 is 0. The molecule has 138 valence electrons. The number of carbonyl (C=O) groups excluding carboxylic acids is 1. The lowest BCUT2D eigenvalue weighted by Crippen LogP contribution is -2.15. The van der Waals surface area contributed by atoms with E-state index in [4.69, 9.17) is 0 Å². The Kier molecular flexibility index (Phi) is 5.23. The first-order chi connectivity index (χ1) is 12.9. The van der Waals surface area contributed by atoms with E-state index in [2.05, 4.69) is 15.0 Å². The highest BCUT2D eigenvalue weighted by Gasteiger charge is 2.16. The molecule has 0 aliphatic carbocycles. The number of nitrogens with one attached hydrogen (secondary N) is 2. The van der Waals surface area contributed by atoms with Crippen LogP contribution in [0.15, 0.2) is 71.8 Å². The minimum Gasteiger partial charge on any atom is -0.307 e. The number of anilines is 2. The zero-order chi connectivity index (χ0) is 19.4. The Hall–Kier alpha value is -3.19. The molecule has 6 nitrogen and oxygen atoms in total. The number of nitrogens with zero attached hydrogens (tertiary/aromatic N) is 1. The van der Waals surface area contributed by atoms with Gasteiger partial charge in [0, 0.05) is 11.8 Å². The first-order valence-corrected chi connectivity index (χ1v) is 9.76. The van der Waals surface area contributed by atoms with E-state index in [9.17, 15) is 13.2 Å². The second-order valence-electron chi connectivity index (χ2n) is 6.05. The van der Waals surface area contributed by atoms with E-state index in [1.165, 1.54) is 24.3 Å². The molecule has 7 heteroatoms. The van der Waals surface area contributed by atoms with Crippen LogP contribution in [0.2, 0.25) is 0 Å². The maximum atomic E-state index is 12.6. The van der Waals surface area contributed by atoms with Crippen LogP contribution in [0.3, 0.4) is 0 Å². The fourth-order valence-corrected chi connectivity index (χ4v) is 3.60. The Morgan fingerprint density at radius 2 is 1.67 bits per heavy atom. The Morgan fingerprint density at radius 1 is 0.926 bits per heavy atom. The molecule has 0 bridgehead atoms. The van der Waals surface area contributed by atoms with Gasteiger partial charge in [0.05, 0.1) is 10.6 Å². The summed E-state index contributed by atoms with van der Waals surface area (Å²) in [7, 11) is -3.75. The molecule has 0 aliphatic heterocycles. The maximum Gasteiger partial charge on any atom is 0.261 e. The Balaban J connectivity index is 1.77. The molecule has 1 amide bonds. The molecule has 1 aromatic heterocycles. The third-order valence-electron chi connectivity index (χ3n) is 4.18. The van der Waals surface area contributed by atoms with Crippen molar-refractivity contribution in [2.45, 2.75) is 18.7 Å². The van der Waals surface area contributed by atoms with Gasteiger partial charge in [-0.05, 0) is 67.4 Å². The zero-order valence-electron chi connectivity index (χ0n) is 14.9. The zero-order valence-corrected chi connectivity index (χ0v) is 15.7. The van der Waals surface area contributed by atoms with Crippen LogP contribution in [0, 0.1) is 13.8 Å². The van der Waals surface area contributed by atoms with Gasteiger partial charge in [-0.1, -0.05) is 18.2 Å². The Labute approximate surface area is 158 Å². The maximum absolute atomic E-state index is 12.6. The largest absolute Gasteiger partial charge is 0.307 e. The third-order valence-corrected chi connectivity index (χ3v) is 5.56. The third kappa shape index (κ3) is 4.32. The van der Waals surface area contributed by atoms with Crippen molar-refractivity contribution in [1.82, 2.24) is 4.98 Å². The second-order valence-corrected chi connectivity index (χ2v) is 7.73. The molecular formula is C20H19N3O3S. The first kappa shape index (κ1) is 18.6.